The molecule has 0 radical (unpaired) electrons. The number of carboxylic acids is 1. The van der Waals surface area contributed by atoms with Crippen LogP contribution in [-0.2, 0) is 112 Å². The third-order valence-electron chi connectivity index (χ3n) is 16.9. The molecule has 9 aromatic carbocycles. The summed E-state index contributed by atoms with van der Waals surface area (Å²) in [4.78, 5) is 56.2. The second-order valence-electron chi connectivity index (χ2n) is 26.3. The molecule has 12 aromatic rings. The number of benzene rings is 9. The van der Waals surface area contributed by atoms with Crippen LogP contribution in [-0.4, -0.2) is 65.9 Å². The Kier molecular flexibility index (Phi) is 32.9. The smallest absolute Gasteiger partial charge is 0.870 e. The number of halogens is 3. The number of amides is 1. The molecule has 0 bridgehead atoms. The first-order valence-electron chi connectivity index (χ1n) is 35.4. The van der Waals surface area contributed by atoms with E-state index in [1.807, 2.05) is 172 Å². The van der Waals surface area contributed by atoms with Crippen LogP contribution in [0, 0.1) is 0 Å². The zero-order valence-corrected chi connectivity index (χ0v) is 63.2. The van der Waals surface area contributed by atoms with Gasteiger partial charge in [-0.1, -0.05) is 91.0 Å². The number of furan rings is 3. The summed E-state index contributed by atoms with van der Waals surface area (Å²) in [6, 6.07) is 58.7. The van der Waals surface area contributed by atoms with Gasteiger partial charge in [0.05, 0.1) is 51.3 Å². The van der Waals surface area contributed by atoms with E-state index >= 15 is 0 Å². The summed E-state index contributed by atoms with van der Waals surface area (Å²) in [6.45, 7) is 13.0. The molecular weight excluding hydrogens is 1440 g/mol. The third-order valence-corrected chi connectivity index (χ3v) is 16.9. The number of nitrogens with one attached hydrogen (secondary N) is 1. The molecule has 0 aliphatic rings. The van der Waals surface area contributed by atoms with Crippen molar-refractivity contribution in [1.82, 2.24) is 5.32 Å². The molecule has 22 nitrogen and oxygen atoms in total. The van der Waals surface area contributed by atoms with Crippen LogP contribution in [0.4, 0.5) is 18.0 Å². The number of esters is 2. The monoisotopic (exact) mass is 1530 g/mol. The number of alkyl carbamates (subject to hydrolysis) is 1. The van der Waals surface area contributed by atoms with Crippen molar-refractivity contribution in [3.8, 4) is 50.6 Å². The first-order valence-corrected chi connectivity index (χ1v) is 35.4. The maximum Gasteiger partial charge on any atom is 1.00 e. The predicted molar refractivity (Wildman–Crippen MR) is 416 cm³/mol. The van der Waals surface area contributed by atoms with E-state index in [4.69, 9.17) is 75.1 Å². The van der Waals surface area contributed by atoms with Crippen LogP contribution in [0.2, 0.25) is 0 Å². The Morgan fingerprint density at radius 2 is 0.768 bits per heavy atom. The quantitative estimate of drug-likeness (QED) is 0.0109. The van der Waals surface area contributed by atoms with E-state index < -0.39 is 30.1 Å². The van der Waals surface area contributed by atoms with Gasteiger partial charge in [0.2, 0.25) is 6.29 Å². The van der Waals surface area contributed by atoms with Gasteiger partial charge in [0.25, 0.3) is 0 Å². The third kappa shape index (κ3) is 25.5. The van der Waals surface area contributed by atoms with Crippen molar-refractivity contribution in [3.63, 3.8) is 0 Å². The van der Waals surface area contributed by atoms with Gasteiger partial charge in [0.15, 0.2) is 0 Å². The molecule has 0 aliphatic heterocycles. The largest absolute Gasteiger partial charge is 1.00 e. The number of fused-ring (bicyclic) bond motifs is 3. The molecule has 0 unspecified atom stereocenters. The SMILES string of the molecule is CCOC(=O)Cc1ccc(CN)cc1OCc1cc(-c2cccc(CN)c2)c2occc2c1.CCOC(=O)Cc1ccc(CN)cc1OCc1cc(-c2cccc(CNC(=O)OC(C)(C)C)c2)c2occc2c1.NCc1cccc(-c2cc(COc3cc(CN)ccc3CC(=O)O)cc3ccoc23)c1.O=CC(F)(F)F.[Li+].[OH-]. The standard InChI is InChI=1S/C32H36N2O6.C27H28N2O4.C25H24N2O4.C2HF3O.Li.H2O/c1-5-37-29(35)17-25-10-9-21(18-33)16-28(25)39-20-23-14-26-11-12-38-30(26)27(15-23)24-8-6-7-22(13-24)19-34-31(36)40-32(2,3)4;1-2-31-26(30)14-22-7-6-19(16-29)13-25(22)33-17-20-11-23-8-9-32-27(23)24(12-20)21-5-3-4-18(10-21)15-28;26-13-16-2-1-3-19(8-16)22-10-18(9-21-6-7-30-25(21)22)15-31-23-11-17(14-27)4-5-20(23)12-24(28)29;3-2(4,5)1-6;;/h6-16H,5,17-20,33H2,1-4H3,(H,34,36);3-13H,2,14-17,28-29H2,1H3;1-11H,12-15,26-27H2,(H,28,29);1H;;1H2/q;;;;+1;/p-1. The van der Waals surface area contributed by atoms with E-state index in [0.717, 1.165) is 127 Å². The van der Waals surface area contributed by atoms with E-state index in [-0.39, 0.29) is 68.8 Å². The number of carbonyl (C=O) groups excluding carboxylic acids is 4. The van der Waals surface area contributed by atoms with E-state index in [9.17, 15) is 37.5 Å². The molecule has 0 fully saturated rings. The zero-order valence-electron chi connectivity index (χ0n) is 63.2. The number of alkyl halides is 3. The van der Waals surface area contributed by atoms with Gasteiger partial charge >= 0.3 is 49.0 Å². The van der Waals surface area contributed by atoms with Gasteiger partial charge in [-0.05, 0) is 192 Å². The van der Waals surface area contributed by atoms with Gasteiger partial charge in [0.1, 0.15) is 59.4 Å². The number of hydrogen-bond acceptors (Lipinski definition) is 20. The van der Waals surface area contributed by atoms with Gasteiger partial charge < -0.3 is 86.2 Å². The maximum absolute atomic E-state index is 12.1. The van der Waals surface area contributed by atoms with Crippen molar-refractivity contribution >= 4 is 63.2 Å². The topological polar surface area (TPSA) is 373 Å². The fourth-order valence-corrected chi connectivity index (χ4v) is 11.8. The van der Waals surface area contributed by atoms with Gasteiger partial charge in [-0.15, -0.1) is 0 Å². The number of hydrogen-bond donors (Lipinski definition) is 7. The van der Waals surface area contributed by atoms with Crippen LogP contribution in [0.15, 0.2) is 214 Å². The minimum Gasteiger partial charge on any atom is -0.870 e. The summed E-state index contributed by atoms with van der Waals surface area (Å²) in [7, 11) is 0. The Bertz CT molecular complexity index is 5150. The fourth-order valence-electron chi connectivity index (χ4n) is 11.8. The number of aliphatic carboxylic acids is 1. The summed E-state index contributed by atoms with van der Waals surface area (Å²) in [5.74, 6) is 0.252. The second kappa shape index (κ2) is 42.1. The predicted octanol–water partition coefficient (Wildman–Crippen LogP) is 12.8. The van der Waals surface area contributed by atoms with Crippen molar-refractivity contribution in [2.75, 3.05) is 13.2 Å². The van der Waals surface area contributed by atoms with Crippen LogP contribution in [0.1, 0.15) is 101 Å². The maximum atomic E-state index is 12.1. The molecule has 26 heteroatoms. The molecule has 582 valence electrons. The summed E-state index contributed by atoms with van der Waals surface area (Å²) in [5, 5.41) is 14.9. The number of ether oxygens (including phenoxy) is 6. The normalized spacial score (nSPS) is 10.9. The van der Waals surface area contributed by atoms with Crippen LogP contribution in [0.3, 0.4) is 0 Å². The number of carboxylic acid groups (broad SMARTS) is 1. The molecular formula is C86H90F3LiN6O16. The number of nitrogens with two attached hydrogens (primary N) is 5. The van der Waals surface area contributed by atoms with Gasteiger partial charge in [0, 0.05) is 88.8 Å². The molecule has 3 heterocycles. The number of rotatable bonds is 27. The Morgan fingerprint density at radius 3 is 1.08 bits per heavy atom. The first kappa shape index (κ1) is 87.7. The second-order valence-corrected chi connectivity index (χ2v) is 26.3. The van der Waals surface area contributed by atoms with Crippen LogP contribution < -0.4 is 67.1 Å². The van der Waals surface area contributed by atoms with Crippen molar-refractivity contribution in [2.45, 2.75) is 125 Å². The summed E-state index contributed by atoms with van der Waals surface area (Å²) in [6.07, 6.45) is -1.00. The van der Waals surface area contributed by atoms with Crippen LogP contribution in [0.25, 0.3) is 66.3 Å². The Balaban J connectivity index is 0.000000224. The molecule has 112 heavy (non-hydrogen) atoms. The molecule has 12 rings (SSSR count). The van der Waals surface area contributed by atoms with Crippen molar-refractivity contribution in [2.24, 2.45) is 28.7 Å². The number of carbonyl (C=O) groups is 5. The molecule has 1 amide bonds. The van der Waals surface area contributed by atoms with E-state index in [1.54, 1.807) is 44.8 Å². The minimum absolute atomic E-state index is 0. The average Bonchev–Trinajstić information content (AvgIpc) is 1.55. The molecule has 0 saturated heterocycles. The van der Waals surface area contributed by atoms with E-state index in [1.165, 1.54) is 0 Å². The molecule has 0 atom stereocenters. The molecule has 0 spiro atoms. The Hall–Kier alpha value is -11.5. The summed E-state index contributed by atoms with van der Waals surface area (Å²) >= 11 is 0. The van der Waals surface area contributed by atoms with Gasteiger partial charge in [-0.2, -0.15) is 13.2 Å². The molecule has 3 aromatic heterocycles. The molecule has 13 N–H and O–H groups in total. The van der Waals surface area contributed by atoms with Gasteiger partial charge in [-0.3, -0.25) is 19.2 Å². The van der Waals surface area contributed by atoms with Crippen molar-refractivity contribution < 1.29 is 108 Å². The zero-order chi connectivity index (χ0) is 78.9. The summed E-state index contributed by atoms with van der Waals surface area (Å²) < 4.78 is 82.7. The molecule has 0 aliphatic carbocycles. The van der Waals surface area contributed by atoms with Gasteiger partial charge in [-0.25, -0.2) is 4.79 Å². The minimum atomic E-state index is -4.64. The first-order chi connectivity index (χ1) is 52.9. The average molecular weight is 1530 g/mol. The molecule has 0 saturated carbocycles. The number of aldehydes is 1. The van der Waals surface area contributed by atoms with Crippen LogP contribution >= 0.6 is 0 Å². The Morgan fingerprint density at radius 1 is 0.446 bits per heavy atom. The van der Waals surface area contributed by atoms with E-state index in [2.05, 4.69) is 23.5 Å². The Labute approximate surface area is 658 Å². The van der Waals surface area contributed by atoms with Crippen LogP contribution in [0.5, 0.6) is 17.2 Å². The van der Waals surface area contributed by atoms with Crippen molar-refractivity contribution in [3.05, 3.63) is 268 Å². The fraction of sp³-hybridized carbons (Fsp3) is 0.244. The summed E-state index contributed by atoms with van der Waals surface area (Å²) in [5.41, 5.74) is 47.4. The van der Waals surface area contributed by atoms with Crippen molar-refractivity contribution in [1.29, 1.82) is 0 Å². The van der Waals surface area contributed by atoms with E-state index in [0.29, 0.717) is 81.9 Å².